The fourth-order valence-electron chi connectivity index (χ4n) is 2.68. The lowest BCUT2D eigenvalue weighted by atomic mass is 10.2. The minimum atomic E-state index is -4.57. The van der Waals surface area contributed by atoms with E-state index in [1.807, 2.05) is 0 Å². The third-order valence-electron chi connectivity index (χ3n) is 3.64. The van der Waals surface area contributed by atoms with Gasteiger partial charge in [-0.05, 0) is 33.6 Å². The molecule has 0 spiro atoms. The SMILES string of the molecule is CC(C)(C)OC(=O)NCCc1nc(C(F)(F)F)nn1C1CCCC1. The van der Waals surface area contributed by atoms with E-state index < -0.39 is 23.7 Å². The number of nitrogens with zero attached hydrogens (tertiary/aromatic N) is 3. The molecule has 0 saturated heterocycles. The van der Waals surface area contributed by atoms with Crippen molar-refractivity contribution in [1.82, 2.24) is 20.1 Å². The molecular formula is C15H23F3N4O2. The van der Waals surface area contributed by atoms with Crippen molar-refractivity contribution in [3.63, 3.8) is 0 Å². The third-order valence-corrected chi connectivity index (χ3v) is 3.64. The lowest BCUT2D eigenvalue weighted by Gasteiger charge is -2.19. The number of halogens is 3. The molecule has 0 bridgehead atoms. The summed E-state index contributed by atoms with van der Waals surface area (Å²) in [6, 6.07) is -0.0508. The van der Waals surface area contributed by atoms with Crippen LogP contribution < -0.4 is 5.32 Å². The van der Waals surface area contributed by atoms with E-state index in [1.54, 1.807) is 20.8 Å². The Morgan fingerprint density at radius 1 is 1.29 bits per heavy atom. The maximum Gasteiger partial charge on any atom is 0.453 e. The average molecular weight is 348 g/mol. The Bertz CT molecular complexity index is 572. The summed E-state index contributed by atoms with van der Waals surface area (Å²) in [4.78, 5) is 15.2. The molecule has 9 heteroatoms. The van der Waals surface area contributed by atoms with Gasteiger partial charge in [0.05, 0.1) is 6.04 Å². The molecule has 0 radical (unpaired) electrons. The molecular weight excluding hydrogens is 325 g/mol. The summed E-state index contributed by atoms with van der Waals surface area (Å²) in [6.07, 6.45) is -1.47. The number of aromatic nitrogens is 3. The van der Waals surface area contributed by atoms with Crippen molar-refractivity contribution in [3.05, 3.63) is 11.6 Å². The number of carbonyl (C=O) groups is 1. The zero-order chi connectivity index (χ0) is 18.0. The number of hydrogen-bond donors (Lipinski definition) is 1. The van der Waals surface area contributed by atoms with Gasteiger partial charge in [-0.2, -0.15) is 13.2 Å². The molecule has 6 nitrogen and oxygen atoms in total. The van der Waals surface area contributed by atoms with Gasteiger partial charge in [0.2, 0.25) is 0 Å². The number of carbonyl (C=O) groups excluding carboxylic acids is 1. The highest BCUT2D eigenvalue weighted by Gasteiger charge is 2.38. The van der Waals surface area contributed by atoms with Crippen LogP contribution in [0.2, 0.25) is 0 Å². The first kappa shape index (κ1) is 18.5. The molecule has 1 aromatic heterocycles. The number of alkyl carbamates (subject to hydrolysis) is 1. The normalized spacial score (nSPS) is 16.4. The number of nitrogens with one attached hydrogen (secondary N) is 1. The van der Waals surface area contributed by atoms with Gasteiger partial charge in [0.25, 0.3) is 5.82 Å². The van der Waals surface area contributed by atoms with Crippen LogP contribution in [0.1, 0.15) is 64.1 Å². The van der Waals surface area contributed by atoms with Gasteiger partial charge in [0.1, 0.15) is 11.4 Å². The lowest BCUT2D eigenvalue weighted by Crippen LogP contribution is -2.34. The predicted octanol–water partition coefficient (Wildman–Crippen LogP) is 3.48. The molecule has 1 aromatic rings. The topological polar surface area (TPSA) is 69.0 Å². The minimum Gasteiger partial charge on any atom is -0.444 e. The molecule has 0 atom stereocenters. The first-order valence-corrected chi connectivity index (χ1v) is 8.06. The Morgan fingerprint density at radius 3 is 2.46 bits per heavy atom. The van der Waals surface area contributed by atoms with E-state index in [9.17, 15) is 18.0 Å². The Morgan fingerprint density at radius 2 is 1.92 bits per heavy atom. The Kier molecular flexibility index (Phi) is 5.39. The van der Waals surface area contributed by atoms with E-state index in [-0.39, 0.29) is 24.8 Å². The predicted molar refractivity (Wildman–Crippen MR) is 80.5 cm³/mol. The Labute approximate surface area is 138 Å². The summed E-state index contributed by atoms with van der Waals surface area (Å²) in [7, 11) is 0. The molecule has 0 aliphatic heterocycles. The number of amides is 1. The smallest absolute Gasteiger partial charge is 0.444 e. The fourth-order valence-corrected chi connectivity index (χ4v) is 2.68. The summed E-state index contributed by atoms with van der Waals surface area (Å²) in [6.45, 7) is 5.34. The minimum absolute atomic E-state index is 0.0508. The molecule has 1 aliphatic carbocycles. The van der Waals surface area contributed by atoms with Crippen LogP contribution in [-0.4, -0.2) is 33.0 Å². The van der Waals surface area contributed by atoms with E-state index in [0.717, 1.165) is 25.7 Å². The van der Waals surface area contributed by atoms with E-state index in [2.05, 4.69) is 15.4 Å². The van der Waals surface area contributed by atoms with Crippen molar-refractivity contribution < 1.29 is 22.7 Å². The number of hydrogen-bond acceptors (Lipinski definition) is 4. The monoisotopic (exact) mass is 348 g/mol. The molecule has 136 valence electrons. The van der Waals surface area contributed by atoms with Gasteiger partial charge in [-0.3, -0.25) is 0 Å². The van der Waals surface area contributed by atoms with Crippen molar-refractivity contribution in [1.29, 1.82) is 0 Å². The maximum atomic E-state index is 12.9. The van der Waals surface area contributed by atoms with Crippen LogP contribution in [0.15, 0.2) is 0 Å². The van der Waals surface area contributed by atoms with Crippen molar-refractivity contribution >= 4 is 6.09 Å². The molecule has 1 aliphatic rings. The third kappa shape index (κ3) is 5.10. The second-order valence-corrected chi connectivity index (χ2v) is 6.91. The van der Waals surface area contributed by atoms with Crippen molar-refractivity contribution in [2.45, 2.75) is 70.7 Å². The first-order chi connectivity index (χ1) is 11.1. The van der Waals surface area contributed by atoms with Gasteiger partial charge in [-0.25, -0.2) is 14.5 Å². The second kappa shape index (κ2) is 6.98. The standard InChI is InChI=1S/C15H23F3N4O2/c1-14(2,3)24-13(23)19-9-8-11-20-12(15(16,17)18)21-22(11)10-6-4-5-7-10/h10H,4-9H2,1-3H3,(H,19,23). The lowest BCUT2D eigenvalue weighted by molar-refractivity contribution is -0.145. The first-order valence-electron chi connectivity index (χ1n) is 8.06. The molecule has 1 heterocycles. The molecule has 1 fully saturated rings. The van der Waals surface area contributed by atoms with E-state index in [0.29, 0.717) is 0 Å². The molecule has 1 amide bonds. The van der Waals surface area contributed by atoms with Crippen LogP contribution in [0.25, 0.3) is 0 Å². The molecule has 1 N–H and O–H groups in total. The van der Waals surface area contributed by atoms with E-state index in [1.165, 1.54) is 4.68 Å². The number of rotatable bonds is 4. The Hall–Kier alpha value is -1.80. The second-order valence-electron chi connectivity index (χ2n) is 6.91. The van der Waals surface area contributed by atoms with Crippen LogP contribution in [0.4, 0.5) is 18.0 Å². The summed E-state index contributed by atoms with van der Waals surface area (Å²) < 4.78 is 45.1. The highest BCUT2D eigenvalue weighted by atomic mass is 19.4. The van der Waals surface area contributed by atoms with E-state index >= 15 is 0 Å². The summed E-state index contributed by atoms with van der Waals surface area (Å²) in [5, 5.41) is 6.19. The molecule has 0 unspecified atom stereocenters. The van der Waals surface area contributed by atoms with Crippen LogP contribution in [-0.2, 0) is 17.3 Å². The van der Waals surface area contributed by atoms with Gasteiger partial charge in [0.15, 0.2) is 0 Å². The van der Waals surface area contributed by atoms with Gasteiger partial charge >= 0.3 is 12.3 Å². The van der Waals surface area contributed by atoms with Gasteiger partial charge in [-0.1, -0.05) is 12.8 Å². The zero-order valence-electron chi connectivity index (χ0n) is 14.1. The summed E-state index contributed by atoms with van der Waals surface area (Å²) >= 11 is 0. The largest absolute Gasteiger partial charge is 0.453 e. The molecule has 1 saturated carbocycles. The summed E-state index contributed by atoms with van der Waals surface area (Å²) in [5.41, 5.74) is -0.628. The Balaban J connectivity index is 2.02. The molecule has 0 aromatic carbocycles. The average Bonchev–Trinajstić information content (AvgIpc) is 3.03. The van der Waals surface area contributed by atoms with E-state index in [4.69, 9.17) is 4.74 Å². The summed E-state index contributed by atoms with van der Waals surface area (Å²) in [5.74, 6) is -0.882. The number of ether oxygens (including phenoxy) is 1. The fraction of sp³-hybridized carbons (Fsp3) is 0.800. The zero-order valence-corrected chi connectivity index (χ0v) is 14.1. The number of alkyl halides is 3. The van der Waals surface area contributed by atoms with Crippen molar-refractivity contribution in [2.75, 3.05) is 6.54 Å². The van der Waals surface area contributed by atoms with Gasteiger partial charge in [-0.15, -0.1) is 5.10 Å². The van der Waals surface area contributed by atoms with Crippen molar-refractivity contribution in [3.8, 4) is 0 Å². The van der Waals surface area contributed by atoms with Crippen LogP contribution >= 0.6 is 0 Å². The van der Waals surface area contributed by atoms with Gasteiger partial charge < -0.3 is 10.1 Å². The van der Waals surface area contributed by atoms with Gasteiger partial charge in [0, 0.05) is 13.0 Å². The maximum absolute atomic E-state index is 12.9. The van der Waals surface area contributed by atoms with Crippen LogP contribution in [0.5, 0.6) is 0 Å². The molecule has 2 rings (SSSR count). The highest BCUT2D eigenvalue weighted by molar-refractivity contribution is 5.67. The van der Waals surface area contributed by atoms with Crippen molar-refractivity contribution in [2.24, 2.45) is 0 Å². The highest BCUT2D eigenvalue weighted by Crippen LogP contribution is 2.32. The van der Waals surface area contributed by atoms with Crippen LogP contribution in [0.3, 0.4) is 0 Å². The molecule has 24 heavy (non-hydrogen) atoms. The van der Waals surface area contributed by atoms with Crippen LogP contribution in [0, 0.1) is 0 Å². The quantitative estimate of drug-likeness (QED) is 0.904.